The molecule has 1 amide bonds. The number of anilines is 1. The van der Waals surface area contributed by atoms with Crippen molar-refractivity contribution in [1.29, 1.82) is 0 Å². The summed E-state index contributed by atoms with van der Waals surface area (Å²) in [6.07, 6.45) is 5.99. The third kappa shape index (κ3) is 5.28. The summed E-state index contributed by atoms with van der Waals surface area (Å²) in [5, 5.41) is 14.0. The molecule has 1 heterocycles. The molecule has 1 atom stereocenters. The van der Waals surface area contributed by atoms with E-state index in [1.807, 2.05) is 24.4 Å². The molecule has 6 heteroatoms. The summed E-state index contributed by atoms with van der Waals surface area (Å²) in [5.41, 5.74) is 3.01. The van der Waals surface area contributed by atoms with Crippen molar-refractivity contribution in [3.63, 3.8) is 0 Å². The molecule has 0 aliphatic heterocycles. The van der Waals surface area contributed by atoms with Crippen LogP contribution in [0.1, 0.15) is 50.0 Å². The van der Waals surface area contributed by atoms with Gasteiger partial charge in [-0.05, 0) is 85.9 Å². The summed E-state index contributed by atoms with van der Waals surface area (Å²) in [4.78, 5) is 28.8. The lowest BCUT2D eigenvalue weighted by Crippen LogP contribution is -2.32. The Morgan fingerprint density at radius 2 is 1.75 bits per heavy atom. The highest BCUT2D eigenvalue weighted by atomic mass is 35.5. The molecular formula is C26H27ClN2O3. The fraction of sp³-hybridized carbons (Fsp3) is 0.346. The highest BCUT2D eigenvalue weighted by Gasteiger charge is 2.33. The quantitative estimate of drug-likeness (QED) is 0.443. The number of amides is 1. The van der Waals surface area contributed by atoms with E-state index in [9.17, 15) is 14.7 Å². The Kier molecular flexibility index (Phi) is 7.05. The van der Waals surface area contributed by atoms with Gasteiger partial charge in [-0.3, -0.25) is 14.6 Å². The van der Waals surface area contributed by atoms with Crippen LogP contribution in [0.2, 0.25) is 5.02 Å². The molecule has 0 saturated heterocycles. The first-order valence-electron chi connectivity index (χ1n) is 11.1. The smallest absolute Gasteiger partial charge is 0.303 e. The molecular weight excluding hydrogens is 424 g/mol. The van der Waals surface area contributed by atoms with Crippen LogP contribution >= 0.6 is 11.6 Å². The van der Waals surface area contributed by atoms with Crippen molar-refractivity contribution in [3.05, 3.63) is 71.4 Å². The maximum atomic E-state index is 13.1. The molecule has 1 aromatic heterocycles. The van der Waals surface area contributed by atoms with E-state index in [2.05, 4.69) is 22.4 Å². The van der Waals surface area contributed by atoms with Crippen LogP contribution in [0.5, 0.6) is 0 Å². The normalized spacial score (nSPS) is 19.4. The molecule has 1 saturated carbocycles. The van der Waals surface area contributed by atoms with Gasteiger partial charge >= 0.3 is 5.97 Å². The number of nitrogens with zero attached hydrogens (tertiary/aromatic N) is 1. The van der Waals surface area contributed by atoms with Gasteiger partial charge in [-0.25, -0.2) is 0 Å². The number of carbonyl (C=O) groups is 2. The molecule has 2 N–H and O–H groups in total. The molecule has 1 aliphatic rings. The van der Waals surface area contributed by atoms with Crippen LogP contribution in [-0.2, 0) is 9.59 Å². The molecule has 32 heavy (non-hydrogen) atoms. The number of aliphatic carboxylic acids is 1. The highest BCUT2D eigenvalue weighted by molar-refractivity contribution is 6.30. The fourth-order valence-electron chi connectivity index (χ4n) is 4.93. The summed E-state index contributed by atoms with van der Waals surface area (Å²) >= 11 is 5.94. The van der Waals surface area contributed by atoms with Crippen molar-refractivity contribution in [1.82, 2.24) is 4.98 Å². The summed E-state index contributed by atoms with van der Waals surface area (Å²) in [5.74, 6) is -0.695. The third-order valence-electron chi connectivity index (χ3n) is 6.58. The number of carbonyl (C=O) groups excluding carboxylic acids is 1. The van der Waals surface area contributed by atoms with Gasteiger partial charge in [-0.1, -0.05) is 29.8 Å². The van der Waals surface area contributed by atoms with Crippen molar-refractivity contribution < 1.29 is 14.7 Å². The van der Waals surface area contributed by atoms with E-state index >= 15 is 0 Å². The molecule has 4 rings (SSSR count). The number of fused-ring (bicyclic) bond motifs is 1. The molecule has 1 aliphatic carbocycles. The number of carboxylic acids is 1. The number of hydrogen-bond acceptors (Lipinski definition) is 3. The molecule has 2 aromatic carbocycles. The minimum atomic E-state index is -0.869. The van der Waals surface area contributed by atoms with E-state index in [0.717, 1.165) is 31.2 Å². The number of pyridine rings is 1. The maximum Gasteiger partial charge on any atom is 0.303 e. The Labute approximate surface area is 192 Å². The van der Waals surface area contributed by atoms with E-state index in [-0.39, 0.29) is 24.2 Å². The highest BCUT2D eigenvalue weighted by Crippen LogP contribution is 2.42. The van der Waals surface area contributed by atoms with E-state index in [1.54, 1.807) is 24.3 Å². The van der Waals surface area contributed by atoms with Crippen molar-refractivity contribution >= 4 is 40.1 Å². The molecule has 3 aromatic rings. The van der Waals surface area contributed by atoms with Gasteiger partial charge in [0.1, 0.15) is 0 Å². The Hall–Kier alpha value is -2.92. The van der Waals surface area contributed by atoms with Gasteiger partial charge in [0.05, 0.1) is 5.52 Å². The van der Waals surface area contributed by atoms with Crippen LogP contribution in [0.3, 0.4) is 0 Å². The number of halogens is 1. The van der Waals surface area contributed by atoms with Gasteiger partial charge < -0.3 is 10.4 Å². The maximum absolute atomic E-state index is 13.1. The summed E-state index contributed by atoms with van der Waals surface area (Å²) < 4.78 is 0. The predicted molar refractivity (Wildman–Crippen MR) is 127 cm³/mol. The predicted octanol–water partition coefficient (Wildman–Crippen LogP) is 6.28. The second-order valence-corrected chi connectivity index (χ2v) is 9.00. The topological polar surface area (TPSA) is 79.3 Å². The second-order valence-electron chi connectivity index (χ2n) is 8.56. The minimum absolute atomic E-state index is 0.00632. The molecule has 0 bridgehead atoms. The van der Waals surface area contributed by atoms with Crippen LogP contribution in [0.25, 0.3) is 10.9 Å². The number of nitrogens with one attached hydrogen (secondary N) is 1. The minimum Gasteiger partial charge on any atom is -0.481 e. The van der Waals surface area contributed by atoms with E-state index in [0.29, 0.717) is 23.0 Å². The zero-order chi connectivity index (χ0) is 22.5. The third-order valence-corrected chi connectivity index (χ3v) is 6.83. The number of carboxylic acid groups (broad SMARTS) is 1. The monoisotopic (exact) mass is 450 g/mol. The van der Waals surface area contributed by atoms with Gasteiger partial charge in [0.15, 0.2) is 0 Å². The van der Waals surface area contributed by atoms with Crippen molar-refractivity contribution in [3.8, 4) is 0 Å². The Bertz CT molecular complexity index is 1090. The van der Waals surface area contributed by atoms with E-state index in [4.69, 9.17) is 11.6 Å². The van der Waals surface area contributed by atoms with Gasteiger partial charge in [0, 0.05) is 34.6 Å². The average molecular weight is 451 g/mol. The number of hydrogen-bond donors (Lipinski definition) is 2. The second kappa shape index (κ2) is 10.1. The van der Waals surface area contributed by atoms with E-state index < -0.39 is 5.97 Å². The number of benzene rings is 2. The van der Waals surface area contributed by atoms with Crippen LogP contribution in [-0.4, -0.2) is 22.0 Å². The molecule has 166 valence electrons. The SMILES string of the molecule is O=C(O)CCC(C(=O)Nc1ccc(Cl)cc1)[C@H]1CC[C@H](c2ccnc3ccccc32)CC1. The van der Waals surface area contributed by atoms with Gasteiger partial charge in [-0.2, -0.15) is 0 Å². The largest absolute Gasteiger partial charge is 0.481 e. The fourth-order valence-corrected chi connectivity index (χ4v) is 5.06. The summed E-state index contributed by atoms with van der Waals surface area (Å²) in [6, 6.07) is 17.3. The van der Waals surface area contributed by atoms with Crippen LogP contribution in [0.4, 0.5) is 5.69 Å². The van der Waals surface area contributed by atoms with Crippen LogP contribution in [0.15, 0.2) is 60.8 Å². The van der Waals surface area contributed by atoms with Gasteiger partial charge in [0.25, 0.3) is 0 Å². The number of rotatable bonds is 7. The average Bonchev–Trinajstić information content (AvgIpc) is 2.80. The summed E-state index contributed by atoms with van der Waals surface area (Å²) in [6.45, 7) is 0. The Balaban J connectivity index is 1.46. The van der Waals surface area contributed by atoms with Crippen molar-refractivity contribution in [2.45, 2.75) is 44.4 Å². The van der Waals surface area contributed by atoms with Crippen molar-refractivity contribution in [2.75, 3.05) is 5.32 Å². The Morgan fingerprint density at radius 1 is 1.03 bits per heavy atom. The molecule has 1 unspecified atom stereocenters. The molecule has 1 fully saturated rings. The summed E-state index contributed by atoms with van der Waals surface area (Å²) in [7, 11) is 0. The zero-order valence-corrected chi connectivity index (χ0v) is 18.6. The first kappa shape index (κ1) is 22.3. The lowest BCUT2D eigenvalue weighted by molar-refractivity contribution is -0.137. The first-order valence-corrected chi connectivity index (χ1v) is 11.5. The zero-order valence-electron chi connectivity index (χ0n) is 17.8. The van der Waals surface area contributed by atoms with Crippen LogP contribution in [0, 0.1) is 11.8 Å². The lowest BCUT2D eigenvalue weighted by Gasteiger charge is -2.33. The standard InChI is InChI=1S/C26H27ClN2O3/c27-19-9-11-20(12-10-19)29-26(32)22(13-14-25(30)31)18-7-5-17(6-8-18)21-15-16-28-24-4-2-1-3-23(21)24/h1-4,9-12,15-18,22H,5-8,13-14H2,(H,29,32)(H,30,31)/t17-,18-,22?. The van der Waals surface area contributed by atoms with Gasteiger partial charge in [0.2, 0.25) is 5.91 Å². The van der Waals surface area contributed by atoms with Crippen molar-refractivity contribution in [2.24, 2.45) is 11.8 Å². The first-order chi connectivity index (χ1) is 15.5. The number of para-hydroxylation sites is 1. The Morgan fingerprint density at radius 3 is 2.47 bits per heavy atom. The number of aromatic nitrogens is 1. The van der Waals surface area contributed by atoms with Gasteiger partial charge in [-0.15, -0.1) is 0 Å². The van der Waals surface area contributed by atoms with E-state index in [1.165, 1.54) is 10.9 Å². The molecule has 0 radical (unpaired) electrons. The van der Waals surface area contributed by atoms with Crippen LogP contribution < -0.4 is 5.32 Å². The lowest BCUT2D eigenvalue weighted by atomic mass is 9.72. The molecule has 0 spiro atoms. The molecule has 5 nitrogen and oxygen atoms in total.